The van der Waals surface area contributed by atoms with Gasteiger partial charge in [0.1, 0.15) is 12.2 Å². The van der Waals surface area contributed by atoms with Crippen molar-refractivity contribution in [1.82, 2.24) is 9.88 Å². The van der Waals surface area contributed by atoms with Gasteiger partial charge in [0.2, 0.25) is 0 Å². The van der Waals surface area contributed by atoms with Gasteiger partial charge in [0.25, 0.3) is 5.95 Å². The number of rotatable bonds is 3. The Hall–Kier alpha value is -1.85. The van der Waals surface area contributed by atoms with Crippen LogP contribution in [0.4, 0.5) is 9.18 Å². The molecule has 6 heteroatoms. The molecule has 1 fully saturated rings. The minimum atomic E-state index is -0.640. The van der Waals surface area contributed by atoms with Crippen LogP contribution < -0.4 is 4.74 Å². The molecule has 1 atom stereocenters. The summed E-state index contributed by atoms with van der Waals surface area (Å²) in [4.78, 5) is 17.3. The van der Waals surface area contributed by atoms with Crippen LogP contribution >= 0.6 is 0 Å². The Morgan fingerprint density at radius 2 is 2.29 bits per heavy atom. The summed E-state index contributed by atoms with van der Waals surface area (Å²) >= 11 is 0. The summed E-state index contributed by atoms with van der Waals surface area (Å²) < 4.78 is 24.2. The van der Waals surface area contributed by atoms with Crippen LogP contribution in [0.5, 0.6) is 5.75 Å². The summed E-state index contributed by atoms with van der Waals surface area (Å²) in [6.07, 6.45) is 2.73. The molecule has 0 radical (unpaired) electrons. The van der Waals surface area contributed by atoms with Gasteiger partial charge in [-0.15, -0.1) is 0 Å². The standard InChI is InChI=1S/C15H21FN2O3/c1-15(2,3)21-14(19)18-9-5-6-11(18)10-20-12-7-4-8-17-13(12)16/h4,7-8,11H,5-6,9-10H2,1-3H3/t11-/m0/s1. The molecule has 1 saturated heterocycles. The van der Waals surface area contributed by atoms with E-state index >= 15 is 0 Å². The Bertz CT molecular complexity index is 502. The van der Waals surface area contributed by atoms with Crippen molar-refractivity contribution >= 4 is 6.09 Å². The first-order valence-corrected chi connectivity index (χ1v) is 7.10. The van der Waals surface area contributed by atoms with Crippen molar-refractivity contribution in [1.29, 1.82) is 0 Å². The lowest BCUT2D eigenvalue weighted by Gasteiger charge is -2.28. The average molecular weight is 296 g/mol. The van der Waals surface area contributed by atoms with Crippen molar-refractivity contribution in [3.63, 3.8) is 0 Å². The number of carbonyl (C=O) groups excluding carboxylic acids is 1. The molecule has 1 aliphatic heterocycles. The summed E-state index contributed by atoms with van der Waals surface area (Å²) in [5.74, 6) is -0.534. The molecule has 1 aromatic rings. The SMILES string of the molecule is CC(C)(C)OC(=O)N1CCC[C@H]1COc1cccnc1F. The third-order valence-corrected chi connectivity index (χ3v) is 3.16. The van der Waals surface area contributed by atoms with E-state index in [1.165, 1.54) is 12.3 Å². The van der Waals surface area contributed by atoms with E-state index in [1.54, 1.807) is 11.0 Å². The third kappa shape index (κ3) is 4.31. The second-order valence-corrected chi connectivity index (χ2v) is 6.07. The van der Waals surface area contributed by atoms with E-state index in [9.17, 15) is 9.18 Å². The molecule has 0 spiro atoms. The number of nitrogens with zero attached hydrogens (tertiary/aromatic N) is 2. The summed E-state index contributed by atoms with van der Waals surface area (Å²) in [5, 5.41) is 0. The number of ether oxygens (including phenoxy) is 2. The van der Waals surface area contributed by atoms with E-state index in [0.717, 1.165) is 12.8 Å². The summed E-state index contributed by atoms with van der Waals surface area (Å²) in [5.41, 5.74) is -0.527. The molecule has 1 aliphatic rings. The Morgan fingerprint density at radius 1 is 1.52 bits per heavy atom. The highest BCUT2D eigenvalue weighted by Gasteiger charge is 2.32. The Morgan fingerprint density at radius 3 is 2.95 bits per heavy atom. The molecule has 0 aliphatic carbocycles. The van der Waals surface area contributed by atoms with Gasteiger partial charge in [-0.3, -0.25) is 0 Å². The van der Waals surface area contributed by atoms with Crippen LogP contribution in [0.15, 0.2) is 18.3 Å². The molecule has 21 heavy (non-hydrogen) atoms. The lowest BCUT2D eigenvalue weighted by Crippen LogP contribution is -2.42. The highest BCUT2D eigenvalue weighted by molar-refractivity contribution is 5.69. The molecular formula is C15H21FN2O3. The normalized spacial score (nSPS) is 18.7. The number of carbonyl (C=O) groups is 1. The van der Waals surface area contributed by atoms with Crippen molar-refractivity contribution in [2.45, 2.75) is 45.3 Å². The fourth-order valence-electron chi connectivity index (χ4n) is 2.23. The van der Waals surface area contributed by atoms with Crippen molar-refractivity contribution in [3.05, 3.63) is 24.3 Å². The fraction of sp³-hybridized carbons (Fsp3) is 0.600. The van der Waals surface area contributed by atoms with Gasteiger partial charge in [0.05, 0.1) is 6.04 Å². The van der Waals surface area contributed by atoms with E-state index in [1.807, 2.05) is 20.8 Å². The smallest absolute Gasteiger partial charge is 0.410 e. The van der Waals surface area contributed by atoms with Gasteiger partial charge in [0, 0.05) is 12.7 Å². The van der Waals surface area contributed by atoms with E-state index in [2.05, 4.69) is 4.98 Å². The maximum absolute atomic E-state index is 13.4. The maximum Gasteiger partial charge on any atom is 0.410 e. The van der Waals surface area contributed by atoms with Gasteiger partial charge in [0.15, 0.2) is 5.75 Å². The quantitative estimate of drug-likeness (QED) is 0.805. The Balaban J connectivity index is 1.93. The topological polar surface area (TPSA) is 51.7 Å². The molecule has 0 saturated carbocycles. The maximum atomic E-state index is 13.4. The largest absolute Gasteiger partial charge is 0.487 e. The predicted octanol–water partition coefficient (Wildman–Crippen LogP) is 3.00. The molecule has 116 valence electrons. The van der Waals surface area contributed by atoms with Crippen molar-refractivity contribution < 1.29 is 18.7 Å². The first-order chi connectivity index (χ1) is 9.87. The van der Waals surface area contributed by atoms with Gasteiger partial charge in [-0.05, 0) is 45.7 Å². The minimum absolute atomic E-state index is 0.0977. The number of amides is 1. The van der Waals surface area contributed by atoms with Crippen LogP contribution in [0.3, 0.4) is 0 Å². The van der Waals surface area contributed by atoms with Crippen LogP contribution in [-0.4, -0.2) is 40.8 Å². The third-order valence-electron chi connectivity index (χ3n) is 3.16. The Kier molecular flexibility index (Phi) is 4.65. The van der Waals surface area contributed by atoms with Crippen LogP contribution in [0.2, 0.25) is 0 Å². The molecule has 0 N–H and O–H groups in total. The van der Waals surface area contributed by atoms with Crippen molar-refractivity contribution in [3.8, 4) is 5.75 Å². The van der Waals surface area contributed by atoms with Crippen molar-refractivity contribution in [2.75, 3.05) is 13.2 Å². The average Bonchev–Trinajstić information content (AvgIpc) is 2.84. The molecule has 5 nitrogen and oxygen atoms in total. The molecule has 2 heterocycles. The van der Waals surface area contributed by atoms with Crippen LogP contribution in [0, 0.1) is 5.95 Å². The van der Waals surface area contributed by atoms with Crippen molar-refractivity contribution in [2.24, 2.45) is 0 Å². The monoisotopic (exact) mass is 296 g/mol. The van der Waals surface area contributed by atoms with Gasteiger partial charge < -0.3 is 14.4 Å². The first-order valence-electron chi connectivity index (χ1n) is 7.10. The highest BCUT2D eigenvalue weighted by atomic mass is 19.1. The van der Waals surface area contributed by atoms with Crippen LogP contribution in [-0.2, 0) is 4.74 Å². The number of likely N-dealkylation sites (tertiary alicyclic amines) is 1. The minimum Gasteiger partial charge on any atom is -0.487 e. The zero-order chi connectivity index (χ0) is 15.5. The molecular weight excluding hydrogens is 275 g/mol. The number of hydrogen-bond acceptors (Lipinski definition) is 4. The van der Waals surface area contributed by atoms with E-state index < -0.39 is 11.5 Å². The van der Waals surface area contributed by atoms with Gasteiger partial charge in [-0.2, -0.15) is 4.39 Å². The molecule has 1 aromatic heterocycles. The molecule has 1 amide bonds. The molecule has 0 aromatic carbocycles. The van der Waals surface area contributed by atoms with E-state index in [-0.39, 0.29) is 24.5 Å². The second-order valence-electron chi connectivity index (χ2n) is 6.07. The number of halogens is 1. The summed E-state index contributed by atoms with van der Waals surface area (Å²) in [7, 11) is 0. The lowest BCUT2D eigenvalue weighted by atomic mass is 10.2. The number of pyridine rings is 1. The zero-order valence-electron chi connectivity index (χ0n) is 12.6. The first kappa shape index (κ1) is 15.5. The second kappa shape index (κ2) is 6.28. The predicted molar refractivity (Wildman–Crippen MR) is 75.7 cm³/mol. The van der Waals surface area contributed by atoms with E-state index in [0.29, 0.717) is 6.54 Å². The lowest BCUT2D eigenvalue weighted by molar-refractivity contribution is 0.0186. The van der Waals surface area contributed by atoms with Crippen LogP contribution in [0.25, 0.3) is 0 Å². The molecule has 2 rings (SSSR count). The zero-order valence-corrected chi connectivity index (χ0v) is 12.6. The molecule has 0 unspecified atom stereocenters. The summed E-state index contributed by atoms with van der Waals surface area (Å²) in [6, 6.07) is 3.04. The Labute approximate surface area is 124 Å². The highest BCUT2D eigenvalue weighted by Crippen LogP contribution is 2.22. The van der Waals surface area contributed by atoms with E-state index in [4.69, 9.17) is 9.47 Å². The van der Waals surface area contributed by atoms with Gasteiger partial charge in [-0.1, -0.05) is 0 Å². The van der Waals surface area contributed by atoms with Gasteiger partial charge in [-0.25, -0.2) is 9.78 Å². The summed E-state index contributed by atoms with van der Waals surface area (Å²) in [6.45, 7) is 6.37. The molecule has 0 bridgehead atoms. The van der Waals surface area contributed by atoms with Gasteiger partial charge >= 0.3 is 6.09 Å². The fourth-order valence-corrected chi connectivity index (χ4v) is 2.23. The number of hydrogen-bond donors (Lipinski definition) is 0. The number of aromatic nitrogens is 1. The van der Waals surface area contributed by atoms with Crippen LogP contribution in [0.1, 0.15) is 33.6 Å².